The van der Waals surface area contributed by atoms with Gasteiger partial charge in [-0.15, -0.1) is 0 Å². The van der Waals surface area contributed by atoms with Gasteiger partial charge in [-0.2, -0.15) is 0 Å². The Bertz CT molecular complexity index is 3430. The largest absolute Gasteiger partial charge is 0.310 e. The molecule has 2 nitrogen and oxygen atoms in total. The first-order valence-electron chi connectivity index (χ1n) is 22.7. The van der Waals surface area contributed by atoms with E-state index in [9.17, 15) is 0 Å². The highest BCUT2D eigenvalue weighted by Crippen LogP contribution is 2.47. The lowest BCUT2D eigenvalue weighted by Gasteiger charge is -2.29. The summed E-state index contributed by atoms with van der Waals surface area (Å²) in [5, 5.41) is 4.89. The van der Waals surface area contributed by atoms with Gasteiger partial charge in [-0.05, 0) is 139 Å². The predicted molar refractivity (Wildman–Crippen MR) is 280 cm³/mol. The smallest absolute Gasteiger partial charge is 0.0553 e. The van der Waals surface area contributed by atoms with Gasteiger partial charge in [0.1, 0.15) is 0 Å². The Hall–Kier alpha value is -8.72. The molecule has 0 saturated carbocycles. The molecule has 0 unspecified atom stereocenters. The van der Waals surface area contributed by atoms with Crippen LogP contribution in [0.2, 0.25) is 0 Å². The summed E-state index contributed by atoms with van der Waals surface area (Å²) in [6.45, 7) is 0. The molecule has 0 radical (unpaired) electrons. The summed E-state index contributed by atoms with van der Waals surface area (Å²) in [6, 6.07) is 97.2. The predicted octanol–water partition coefficient (Wildman–Crippen LogP) is 17.7. The molecule has 0 aliphatic carbocycles. The van der Waals surface area contributed by atoms with Crippen LogP contribution in [0, 0.1) is 0 Å². The third-order valence-corrected chi connectivity index (χ3v) is 12.9. The zero-order valence-corrected chi connectivity index (χ0v) is 36.3. The van der Waals surface area contributed by atoms with Crippen molar-refractivity contribution in [2.45, 2.75) is 0 Å². The van der Waals surface area contributed by atoms with Crippen molar-refractivity contribution in [3.8, 4) is 61.3 Å². The van der Waals surface area contributed by atoms with E-state index in [2.05, 4.69) is 276 Å². The van der Waals surface area contributed by atoms with E-state index < -0.39 is 0 Å². The molecule has 310 valence electrons. The third kappa shape index (κ3) is 7.12. The molecule has 0 fully saturated rings. The molecule has 66 heavy (non-hydrogen) atoms. The monoisotopic (exact) mass is 840 g/mol. The van der Waals surface area contributed by atoms with Crippen molar-refractivity contribution in [1.82, 2.24) is 4.57 Å². The number of benzene rings is 11. The van der Waals surface area contributed by atoms with Crippen molar-refractivity contribution in [2.75, 3.05) is 4.90 Å². The second-order valence-electron chi connectivity index (χ2n) is 16.9. The molecule has 11 aromatic carbocycles. The van der Waals surface area contributed by atoms with Crippen LogP contribution in [0.5, 0.6) is 0 Å². The molecule has 0 amide bonds. The van der Waals surface area contributed by atoms with Crippen LogP contribution in [-0.4, -0.2) is 4.57 Å². The average Bonchev–Trinajstić information content (AvgIpc) is 3.73. The van der Waals surface area contributed by atoms with Gasteiger partial charge < -0.3 is 9.47 Å². The highest BCUT2D eigenvalue weighted by atomic mass is 15.1. The zero-order valence-electron chi connectivity index (χ0n) is 36.3. The minimum Gasteiger partial charge on any atom is -0.310 e. The molecular formula is C64H44N2. The molecule has 2 heteroatoms. The normalized spacial score (nSPS) is 11.3. The quantitative estimate of drug-likeness (QED) is 0.141. The number of fused-ring (bicyclic) bond motifs is 4. The van der Waals surface area contributed by atoms with Crippen LogP contribution in [-0.2, 0) is 0 Å². The van der Waals surface area contributed by atoms with Crippen LogP contribution in [0.3, 0.4) is 0 Å². The molecule has 0 aliphatic heterocycles. The Morgan fingerprint density at radius 3 is 1.18 bits per heavy atom. The van der Waals surface area contributed by atoms with E-state index in [0.29, 0.717) is 0 Å². The van der Waals surface area contributed by atoms with E-state index >= 15 is 0 Å². The molecule has 12 rings (SSSR count). The van der Waals surface area contributed by atoms with Crippen LogP contribution in [0.15, 0.2) is 267 Å². The lowest BCUT2D eigenvalue weighted by Crippen LogP contribution is -2.11. The van der Waals surface area contributed by atoms with Crippen molar-refractivity contribution < 1.29 is 0 Å². The zero-order chi connectivity index (χ0) is 43.8. The topological polar surface area (TPSA) is 8.17 Å². The summed E-state index contributed by atoms with van der Waals surface area (Å²) >= 11 is 0. The number of hydrogen-bond acceptors (Lipinski definition) is 1. The molecule has 0 spiro atoms. The minimum absolute atomic E-state index is 1.06. The molecule has 0 atom stereocenters. The molecule has 0 N–H and O–H groups in total. The number of rotatable bonds is 9. The minimum atomic E-state index is 1.06. The van der Waals surface area contributed by atoms with Crippen molar-refractivity contribution in [2.24, 2.45) is 0 Å². The van der Waals surface area contributed by atoms with Crippen LogP contribution in [0.1, 0.15) is 0 Å². The summed E-state index contributed by atoms with van der Waals surface area (Å²) in [4.78, 5) is 2.47. The second-order valence-corrected chi connectivity index (χ2v) is 16.9. The Balaban J connectivity index is 1.16. The maximum Gasteiger partial charge on any atom is 0.0553 e. The number of para-hydroxylation sites is 2. The Morgan fingerprint density at radius 1 is 0.258 bits per heavy atom. The van der Waals surface area contributed by atoms with E-state index in [1.54, 1.807) is 0 Å². The SMILES string of the molecule is c1ccc(-c2cc(-c3ccccc3)cc(N(c3cc(-c4ccccc4)cc(-c4ccccc4)c3)c3cccc(-c4c5ccccc5cc5c4c4ccccc4n5-c4ccccc4)c3)c2)cc1. The van der Waals surface area contributed by atoms with Gasteiger partial charge in [0.15, 0.2) is 0 Å². The Labute approximate surface area is 385 Å². The van der Waals surface area contributed by atoms with Gasteiger partial charge >= 0.3 is 0 Å². The molecule has 1 aromatic heterocycles. The third-order valence-electron chi connectivity index (χ3n) is 12.9. The average molecular weight is 841 g/mol. The first kappa shape index (κ1) is 38.9. The summed E-state index contributed by atoms with van der Waals surface area (Å²) in [5.41, 5.74) is 18.4. The lowest BCUT2D eigenvalue weighted by atomic mass is 9.92. The van der Waals surface area contributed by atoms with E-state index in [1.165, 1.54) is 60.4 Å². The standard InChI is InChI=1S/C64H44N2/c1-6-21-45(22-7-1)51-37-52(46-23-8-2-9-24-46)41-57(40-51)65(58-42-53(47-25-10-3-11-26-47)38-54(43-58)48-27-12-4-13-28-48)56-33-20-30-50(39-56)63-59-34-17-16-29-49(59)44-62-64(63)60-35-18-19-36-61(60)66(62)55-31-14-5-15-32-55/h1-44H. The van der Waals surface area contributed by atoms with Crippen molar-refractivity contribution >= 4 is 49.6 Å². The number of nitrogens with zero attached hydrogens (tertiary/aromatic N) is 2. The van der Waals surface area contributed by atoms with Gasteiger partial charge in [0.2, 0.25) is 0 Å². The fraction of sp³-hybridized carbons (Fsp3) is 0. The van der Waals surface area contributed by atoms with Crippen molar-refractivity contribution in [1.29, 1.82) is 0 Å². The molecule has 1 heterocycles. The van der Waals surface area contributed by atoms with Crippen LogP contribution < -0.4 is 4.90 Å². The van der Waals surface area contributed by atoms with Gasteiger partial charge in [0.05, 0.1) is 11.0 Å². The van der Waals surface area contributed by atoms with E-state index in [-0.39, 0.29) is 0 Å². The fourth-order valence-corrected chi connectivity index (χ4v) is 9.86. The summed E-state index contributed by atoms with van der Waals surface area (Å²) in [5.74, 6) is 0. The summed E-state index contributed by atoms with van der Waals surface area (Å²) in [7, 11) is 0. The number of aromatic nitrogens is 1. The summed E-state index contributed by atoms with van der Waals surface area (Å²) < 4.78 is 2.43. The van der Waals surface area contributed by atoms with Gasteiger partial charge in [-0.1, -0.05) is 194 Å². The Morgan fingerprint density at radius 2 is 0.667 bits per heavy atom. The first-order valence-corrected chi connectivity index (χ1v) is 22.7. The number of hydrogen-bond donors (Lipinski definition) is 0. The van der Waals surface area contributed by atoms with Crippen molar-refractivity contribution in [3.63, 3.8) is 0 Å². The Kier molecular flexibility index (Phi) is 9.89. The second kappa shape index (κ2) is 16.8. The molecule has 12 aromatic rings. The van der Waals surface area contributed by atoms with Crippen LogP contribution in [0.25, 0.3) is 93.9 Å². The van der Waals surface area contributed by atoms with Crippen LogP contribution >= 0.6 is 0 Å². The maximum absolute atomic E-state index is 2.47. The highest BCUT2D eigenvalue weighted by molar-refractivity contribution is 6.23. The van der Waals surface area contributed by atoms with Crippen LogP contribution in [0.4, 0.5) is 17.1 Å². The van der Waals surface area contributed by atoms with Gasteiger partial charge in [0.25, 0.3) is 0 Å². The molecule has 0 aliphatic rings. The molecule has 0 bridgehead atoms. The maximum atomic E-state index is 2.47. The van der Waals surface area contributed by atoms with Gasteiger partial charge in [0, 0.05) is 33.5 Å². The lowest BCUT2D eigenvalue weighted by molar-refractivity contribution is 1.18. The molecular weight excluding hydrogens is 797 g/mol. The van der Waals surface area contributed by atoms with Gasteiger partial charge in [-0.3, -0.25) is 0 Å². The summed E-state index contributed by atoms with van der Waals surface area (Å²) in [6.07, 6.45) is 0. The number of anilines is 3. The highest BCUT2D eigenvalue weighted by Gasteiger charge is 2.22. The van der Waals surface area contributed by atoms with E-state index in [1.807, 2.05) is 0 Å². The van der Waals surface area contributed by atoms with Crippen molar-refractivity contribution in [3.05, 3.63) is 267 Å². The molecule has 0 saturated heterocycles. The van der Waals surface area contributed by atoms with Gasteiger partial charge in [-0.25, -0.2) is 0 Å². The van der Waals surface area contributed by atoms with E-state index in [0.717, 1.165) is 50.6 Å². The first-order chi connectivity index (χ1) is 32.7. The van der Waals surface area contributed by atoms with E-state index in [4.69, 9.17) is 0 Å². The fourth-order valence-electron chi connectivity index (χ4n) is 9.86.